The van der Waals surface area contributed by atoms with Gasteiger partial charge >= 0.3 is 0 Å². The number of carbonyl (C=O) groups is 1. The first-order valence-electron chi connectivity index (χ1n) is 10.7. The second kappa shape index (κ2) is 11.0. The van der Waals surface area contributed by atoms with Gasteiger partial charge in [0.15, 0.2) is 0 Å². The molecule has 6 heteroatoms. The van der Waals surface area contributed by atoms with Gasteiger partial charge in [0, 0.05) is 53.8 Å². The molecule has 5 nitrogen and oxygen atoms in total. The first-order chi connectivity index (χ1) is 15.7. The molecule has 4 rings (SSSR count). The van der Waals surface area contributed by atoms with E-state index in [-0.39, 0.29) is 5.91 Å². The largest absolute Gasteiger partial charge is 0.489 e. The summed E-state index contributed by atoms with van der Waals surface area (Å²) in [5, 5.41) is 3.04. The van der Waals surface area contributed by atoms with Gasteiger partial charge in [0.05, 0.1) is 0 Å². The number of hydrogen-bond donors (Lipinski definition) is 1. The Labute approximate surface area is 197 Å². The first-order valence-corrected chi connectivity index (χ1v) is 11.5. The van der Waals surface area contributed by atoms with Gasteiger partial charge in [0.1, 0.15) is 12.4 Å². The smallest absolute Gasteiger partial charge is 0.244 e. The van der Waals surface area contributed by atoms with Gasteiger partial charge in [-0.15, -0.1) is 0 Å². The molecule has 32 heavy (non-hydrogen) atoms. The summed E-state index contributed by atoms with van der Waals surface area (Å²) < 4.78 is 6.85. The van der Waals surface area contributed by atoms with Crippen LogP contribution in [0.5, 0.6) is 5.75 Å². The third-order valence-corrected chi connectivity index (χ3v) is 5.95. The molecular formula is C26H26BrN3O2. The zero-order valence-corrected chi connectivity index (χ0v) is 19.4. The van der Waals surface area contributed by atoms with Crippen LogP contribution < -0.4 is 15.0 Å². The maximum atomic E-state index is 12.2. The fraction of sp³-hybridized carbons (Fsp3) is 0.231. The van der Waals surface area contributed by atoms with Gasteiger partial charge in [-0.2, -0.15) is 0 Å². The van der Waals surface area contributed by atoms with Crippen molar-refractivity contribution in [2.75, 3.05) is 24.5 Å². The lowest BCUT2D eigenvalue weighted by Gasteiger charge is -2.19. The fourth-order valence-corrected chi connectivity index (χ4v) is 4.09. The Hall–Kier alpha value is -3.12. The van der Waals surface area contributed by atoms with Gasteiger partial charge in [-0.25, -0.2) is 0 Å². The lowest BCUT2D eigenvalue weighted by molar-refractivity contribution is -0.116. The van der Waals surface area contributed by atoms with Crippen molar-refractivity contribution in [2.45, 2.75) is 13.0 Å². The SMILES string of the molecule is O=C(C=Cc1ccc(OCc2cccnc2)cc1)NCC1CCN(c2cccc(Br)c2)C1. The number of anilines is 1. The Morgan fingerprint density at radius 2 is 2.06 bits per heavy atom. The molecule has 1 amide bonds. The fourth-order valence-electron chi connectivity index (χ4n) is 3.71. The molecule has 1 fully saturated rings. The summed E-state index contributed by atoms with van der Waals surface area (Å²) in [6, 6.07) is 19.9. The molecule has 3 aromatic rings. The standard InChI is InChI=1S/C26H26BrN3O2/c27-23-4-1-5-24(15-23)30-14-12-21(18-30)17-29-26(31)11-8-20-6-9-25(10-7-20)32-19-22-3-2-13-28-16-22/h1-11,13,15-16,21H,12,14,17-19H2,(H,29,31). The van der Waals surface area contributed by atoms with E-state index in [4.69, 9.17) is 4.74 Å². The van der Waals surface area contributed by atoms with E-state index in [1.54, 1.807) is 18.5 Å². The maximum absolute atomic E-state index is 12.2. The summed E-state index contributed by atoms with van der Waals surface area (Å²) in [6.45, 7) is 3.14. The van der Waals surface area contributed by atoms with E-state index < -0.39 is 0 Å². The highest BCUT2D eigenvalue weighted by Gasteiger charge is 2.22. The number of pyridine rings is 1. The number of nitrogens with one attached hydrogen (secondary N) is 1. The van der Waals surface area contributed by atoms with Crippen LogP contribution in [-0.4, -0.2) is 30.5 Å². The van der Waals surface area contributed by atoms with Crippen molar-refractivity contribution in [1.82, 2.24) is 10.3 Å². The van der Waals surface area contributed by atoms with Gasteiger partial charge in [0.25, 0.3) is 0 Å². The molecule has 1 aromatic heterocycles. The minimum absolute atomic E-state index is 0.0668. The van der Waals surface area contributed by atoms with Crippen molar-refractivity contribution in [2.24, 2.45) is 5.92 Å². The number of hydrogen-bond acceptors (Lipinski definition) is 4. The quantitative estimate of drug-likeness (QED) is 0.446. The molecule has 1 atom stereocenters. The number of halogens is 1. The molecule has 164 valence electrons. The van der Waals surface area contributed by atoms with E-state index >= 15 is 0 Å². The van der Waals surface area contributed by atoms with E-state index in [0.717, 1.165) is 40.9 Å². The van der Waals surface area contributed by atoms with Crippen molar-refractivity contribution >= 4 is 33.6 Å². The number of nitrogens with zero attached hydrogens (tertiary/aromatic N) is 2. The van der Waals surface area contributed by atoms with E-state index in [2.05, 4.69) is 49.3 Å². The Morgan fingerprint density at radius 1 is 1.19 bits per heavy atom. The average Bonchev–Trinajstić information content (AvgIpc) is 3.31. The minimum Gasteiger partial charge on any atom is -0.489 e. The van der Waals surface area contributed by atoms with E-state index in [9.17, 15) is 4.79 Å². The molecule has 2 aromatic carbocycles. The van der Waals surface area contributed by atoms with Crippen LogP contribution >= 0.6 is 15.9 Å². The molecule has 1 N–H and O–H groups in total. The average molecular weight is 492 g/mol. The summed E-state index contributed by atoms with van der Waals surface area (Å²) in [5.41, 5.74) is 3.20. The van der Waals surface area contributed by atoms with Gasteiger partial charge in [-0.3, -0.25) is 9.78 Å². The van der Waals surface area contributed by atoms with Gasteiger partial charge in [-0.1, -0.05) is 40.2 Å². The minimum atomic E-state index is -0.0668. The van der Waals surface area contributed by atoms with Crippen LogP contribution in [0.3, 0.4) is 0 Å². The normalized spacial score (nSPS) is 15.8. The van der Waals surface area contributed by atoms with Gasteiger partial charge in [-0.05, 0) is 60.4 Å². The topological polar surface area (TPSA) is 54.5 Å². The Bertz CT molecular complexity index is 1050. The molecule has 1 aliphatic rings. The number of amides is 1. The second-order valence-corrected chi connectivity index (χ2v) is 8.79. The number of ether oxygens (including phenoxy) is 1. The van der Waals surface area contributed by atoms with Crippen molar-refractivity contribution in [3.05, 3.63) is 94.7 Å². The molecule has 2 heterocycles. The summed E-state index contributed by atoms with van der Waals surface area (Å²) in [6.07, 6.45) is 8.03. The molecule has 1 unspecified atom stereocenters. The number of benzene rings is 2. The van der Waals surface area contributed by atoms with Crippen LogP contribution in [0, 0.1) is 5.92 Å². The van der Waals surface area contributed by atoms with E-state index in [1.807, 2.05) is 48.5 Å². The second-order valence-electron chi connectivity index (χ2n) is 7.88. The van der Waals surface area contributed by atoms with E-state index in [1.165, 1.54) is 5.69 Å². The predicted molar refractivity (Wildman–Crippen MR) is 132 cm³/mol. The Balaban J connectivity index is 1.20. The van der Waals surface area contributed by atoms with Crippen molar-refractivity contribution in [3.63, 3.8) is 0 Å². The molecule has 0 saturated carbocycles. The highest BCUT2D eigenvalue weighted by Crippen LogP contribution is 2.26. The number of rotatable bonds is 8. The third-order valence-electron chi connectivity index (χ3n) is 5.46. The summed E-state index contributed by atoms with van der Waals surface area (Å²) in [4.78, 5) is 18.7. The zero-order valence-electron chi connectivity index (χ0n) is 17.8. The zero-order chi connectivity index (χ0) is 22.2. The monoisotopic (exact) mass is 491 g/mol. The Kier molecular flexibility index (Phi) is 7.56. The van der Waals surface area contributed by atoms with Crippen LogP contribution in [0.15, 0.2) is 83.6 Å². The molecule has 0 aliphatic carbocycles. The molecule has 1 saturated heterocycles. The third kappa shape index (κ3) is 6.44. The predicted octanol–water partition coefficient (Wildman–Crippen LogP) is 5.08. The highest BCUT2D eigenvalue weighted by molar-refractivity contribution is 9.10. The highest BCUT2D eigenvalue weighted by atomic mass is 79.9. The van der Waals surface area contributed by atoms with Crippen molar-refractivity contribution in [3.8, 4) is 5.75 Å². The van der Waals surface area contributed by atoms with Gasteiger partial charge in [0.2, 0.25) is 5.91 Å². The van der Waals surface area contributed by atoms with Crippen LogP contribution in [0.1, 0.15) is 17.5 Å². The van der Waals surface area contributed by atoms with Crippen molar-refractivity contribution < 1.29 is 9.53 Å². The number of carbonyl (C=O) groups excluding carboxylic acids is 1. The first kappa shape index (κ1) is 22.1. The van der Waals surface area contributed by atoms with Crippen molar-refractivity contribution in [1.29, 1.82) is 0 Å². The lowest BCUT2D eigenvalue weighted by Crippen LogP contribution is -2.29. The molecular weight excluding hydrogens is 466 g/mol. The summed E-state index contributed by atoms with van der Waals surface area (Å²) >= 11 is 3.53. The van der Waals surface area contributed by atoms with Crippen LogP contribution in [0.25, 0.3) is 6.08 Å². The maximum Gasteiger partial charge on any atom is 0.244 e. The molecule has 0 radical (unpaired) electrons. The Morgan fingerprint density at radius 3 is 2.84 bits per heavy atom. The molecule has 1 aliphatic heterocycles. The number of aromatic nitrogens is 1. The van der Waals surface area contributed by atoms with Crippen LogP contribution in [-0.2, 0) is 11.4 Å². The lowest BCUT2D eigenvalue weighted by atomic mass is 10.1. The molecule has 0 bridgehead atoms. The van der Waals surface area contributed by atoms with Crippen LogP contribution in [0.4, 0.5) is 5.69 Å². The van der Waals surface area contributed by atoms with E-state index in [0.29, 0.717) is 19.1 Å². The summed E-state index contributed by atoms with van der Waals surface area (Å²) in [5.74, 6) is 1.18. The van der Waals surface area contributed by atoms with Gasteiger partial charge < -0.3 is 15.0 Å². The van der Waals surface area contributed by atoms with Crippen LogP contribution in [0.2, 0.25) is 0 Å². The summed E-state index contributed by atoms with van der Waals surface area (Å²) in [7, 11) is 0. The molecule has 0 spiro atoms.